The minimum absolute atomic E-state index is 0.0858. The van der Waals surface area contributed by atoms with E-state index in [4.69, 9.17) is 9.15 Å². The average Bonchev–Trinajstić information content (AvgIpc) is 2.79. The molecule has 1 heterocycles. The zero-order valence-electron chi connectivity index (χ0n) is 9.72. The Labute approximate surface area is 112 Å². The number of carbonyl (C=O) groups excluding carboxylic acids is 1. The van der Waals surface area contributed by atoms with Crippen molar-refractivity contribution in [1.29, 1.82) is 0 Å². The number of hydrogen-bond acceptors (Lipinski definition) is 5. The molecule has 0 aliphatic heterocycles. The van der Waals surface area contributed by atoms with E-state index in [1.807, 2.05) is 0 Å². The topological polar surface area (TPSA) is 94.6 Å². The highest BCUT2D eigenvalue weighted by atomic mass is 79.9. The summed E-state index contributed by atoms with van der Waals surface area (Å²) in [6, 6.07) is 2.24. The van der Waals surface area contributed by atoms with Gasteiger partial charge in [0, 0.05) is 12.4 Å². The fourth-order valence-electron chi connectivity index (χ4n) is 1.33. The number of amides is 1. The van der Waals surface area contributed by atoms with E-state index in [1.165, 1.54) is 13.2 Å². The molecule has 0 aliphatic rings. The number of methoxy groups -OCH3 is 1. The number of halogens is 1. The Balaban J connectivity index is 2.64. The van der Waals surface area contributed by atoms with Crippen LogP contribution in [0.4, 0.5) is 5.88 Å². The van der Waals surface area contributed by atoms with Crippen molar-refractivity contribution in [1.82, 2.24) is 5.32 Å². The molecule has 0 saturated carbocycles. The molecule has 0 fully saturated rings. The monoisotopic (exact) mass is 320 g/mol. The molecule has 0 spiro atoms. The van der Waals surface area contributed by atoms with Crippen LogP contribution in [0, 0.1) is 10.1 Å². The van der Waals surface area contributed by atoms with Crippen molar-refractivity contribution in [3.63, 3.8) is 0 Å². The molecule has 1 aromatic heterocycles. The van der Waals surface area contributed by atoms with Gasteiger partial charge in [-0.1, -0.05) is 15.9 Å². The summed E-state index contributed by atoms with van der Waals surface area (Å²) in [4.78, 5) is 21.5. The number of nitro groups is 1. The third-order valence-corrected chi connectivity index (χ3v) is 2.61. The molecule has 1 rings (SSSR count). The summed E-state index contributed by atoms with van der Waals surface area (Å²) in [7, 11) is 1.53. The largest absolute Gasteiger partial charge is 0.433 e. The van der Waals surface area contributed by atoms with Crippen LogP contribution < -0.4 is 5.32 Å². The number of ether oxygens (including phenoxy) is 1. The second kappa shape index (κ2) is 7.12. The predicted octanol–water partition coefficient (Wildman–Crippen LogP) is 1.72. The first-order chi connectivity index (χ1) is 8.58. The Hall–Kier alpha value is -1.41. The molecule has 100 valence electrons. The second-order valence-corrected chi connectivity index (χ2v) is 4.29. The van der Waals surface area contributed by atoms with Crippen molar-refractivity contribution in [3.05, 3.63) is 28.0 Å². The number of furan rings is 1. The van der Waals surface area contributed by atoms with Crippen LogP contribution >= 0.6 is 15.9 Å². The van der Waals surface area contributed by atoms with Gasteiger partial charge in [-0.2, -0.15) is 0 Å². The lowest BCUT2D eigenvalue weighted by Crippen LogP contribution is -2.38. The fraction of sp³-hybridized carbons (Fsp3) is 0.500. The molecule has 1 atom stereocenters. The highest BCUT2D eigenvalue weighted by Crippen LogP contribution is 2.15. The van der Waals surface area contributed by atoms with E-state index < -0.39 is 16.7 Å². The summed E-state index contributed by atoms with van der Waals surface area (Å²) in [5.74, 6) is -1.03. The van der Waals surface area contributed by atoms with Crippen molar-refractivity contribution in [2.24, 2.45) is 0 Å². The van der Waals surface area contributed by atoms with Crippen molar-refractivity contribution < 1.29 is 18.9 Å². The maximum atomic E-state index is 11.7. The number of rotatable bonds is 7. The molecular weight excluding hydrogens is 308 g/mol. The van der Waals surface area contributed by atoms with E-state index in [9.17, 15) is 14.9 Å². The maximum absolute atomic E-state index is 11.7. The molecule has 7 nitrogen and oxygen atoms in total. The highest BCUT2D eigenvalue weighted by Gasteiger charge is 2.19. The standard InChI is InChI=1S/C10H13BrN2O5/c1-17-6-7(4-5-11)12-10(14)8-2-3-9(18-8)13(15)16/h2-3,7H,4-6H2,1H3,(H,12,14). The lowest BCUT2D eigenvalue weighted by atomic mass is 10.2. The van der Waals surface area contributed by atoms with E-state index in [2.05, 4.69) is 21.2 Å². The quantitative estimate of drug-likeness (QED) is 0.469. The molecule has 0 radical (unpaired) electrons. The second-order valence-electron chi connectivity index (χ2n) is 3.50. The maximum Gasteiger partial charge on any atom is 0.433 e. The third kappa shape index (κ3) is 4.11. The smallest absolute Gasteiger partial charge is 0.395 e. The normalized spacial score (nSPS) is 12.1. The molecule has 0 bridgehead atoms. The van der Waals surface area contributed by atoms with Gasteiger partial charge in [-0.15, -0.1) is 0 Å². The number of nitrogens with zero attached hydrogens (tertiary/aromatic N) is 1. The van der Waals surface area contributed by atoms with Gasteiger partial charge in [0.2, 0.25) is 0 Å². The first-order valence-electron chi connectivity index (χ1n) is 5.18. The van der Waals surface area contributed by atoms with Gasteiger partial charge in [0.15, 0.2) is 5.76 Å². The van der Waals surface area contributed by atoms with Gasteiger partial charge >= 0.3 is 5.88 Å². The van der Waals surface area contributed by atoms with Crippen molar-refractivity contribution in [2.75, 3.05) is 19.0 Å². The number of carbonyl (C=O) groups is 1. The molecule has 1 aromatic rings. The van der Waals surface area contributed by atoms with E-state index >= 15 is 0 Å². The van der Waals surface area contributed by atoms with Crippen LogP contribution in [0.25, 0.3) is 0 Å². The van der Waals surface area contributed by atoms with Crippen LogP contribution in [-0.4, -0.2) is 35.9 Å². The Morgan fingerprint density at radius 2 is 2.39 bits per heavy atom. The van der Waals surface area contributed by atoms with Gasteiger partial charge in [0.1, 0.15) is 4.92 Å². The molecular formula is C10H13BrN2O5. The Morgan fingerprint density at radius 3 is 2.89 bits per heavy atom. The summed E-state index contributed by atoms with van der Waals surface area (Å²) >= 11 is 3.27. The van der Waals surface area contributed by atoms with E-state index in [1.54, 1.807) is 0 Å². The Kier molecular flexibility index (Phi) is 5.79. The zero-order chi connectivity index (χ0) is 13.5. The molecule has 0 aliphatic carbocycles. The van der Waals surface area contributed by atoms with Crippen LogP contribution in [0.3, 0.4) is 0 Å². The van der Waals surface area contributed by atoms with Gasteiger partial charge in [-0.25, -0.2) is 0 Å². The lowest BCUT2D eigenvalue weighted by Gasteiger charge is -2.15. The summed E-state index contributed by atoms with van der Waals surface area (Å²) in [6.45, 7) is 0.361. The molecule has 0 aromatic carbocycles. The SMILES string of the molecule is COCC(CCBr)NC(=O)c1ccc([N+](=O)[O-])o1. The van der Waals surface area contributed by atoms with Crippen LogP contribution in [-0.2, 0) is 4.74 Å². The molecule has 1 unspecified atom stereocenters. The van der Waals surface area contributed by atoms with Gasteiger partial charge in [0.25, 0.3) is 5.91 Å². The van der Waals surface area contributed by atoms with Crippen molar-refractivity contribution in [3.8, 4) is 0 Å². The average molecular weight is 321 g/mol. The minimum atomic E-state index is -0.693. The fourth-order valence-corrected chi connectivity index (χ4v) is 1.89. The van der Waals surface area contributed by atoms with Crippen molar-refractivity contribution >= 4 is 27.7 Å². The predicted molar refractivity (Wildman–Crippen MR) is 66.9 cm³/mol. The number of alkyl halides is 1. The van der Waals surface area contributed by atoms with Gasteiger partial charge in [-0.3, -0.25) is 14.9 Å². The molecule has 0 saturated heterocycles. The van der Waals surface area contributed by atoms with Crippen LogP contribution in [0.2, 0.25) is 0 Å². The number of nitrogens with one attached hydrogen (secondary N) is 1. The lowest BCUT2D eigenvalue weighted by molar-refractivity contribution is -0.402. The molecule has 8 heteroatoms. The zero-order valence-corrected chi connectivity index (χ0v) is 11.3. The molecule has 1 amide bonds. The third-order valence-electron chi connectivity index (χ3n) is 2.16. The first kappa shape index (κ1) is 14.7. The first-order valence-corrected chi connectivity index (χ1v) is 6.30. The van der Waals surface area contributed by atoms with Crippen LogP contribution in [0.15, 0.2) is 16.5 Å². The summed E-state index contributed by atoms with van der Waals surface area (Å²) in [5, 5.41) is 13.8. The van der Waals surface area contributed by atoms with Gasteiger partial charge in [0.05, 0.1) is 18.7 Å². The molecule has 1 N–H and O–H groups in total. The minimum Gasteiger partial charge on any atom is -0.395 e. The van der Waals surface area contributed by atoms with Gasteiger partial charge in [-0.05, 0) is 12.5 Å². The van der Waals surface area contributed by atoms with Crippen molar-refractivity contribution in [2.45, 2.75) is 12.5 Å². The number of hydrogen-bond donors (Lipinski definition) is 1. The van der Waals surface area contributed by atoms with E-state index in [0.29, 0.717) is 18.4 Å². The van der Waals surface area contributed by atoms with Gasteiger partial charge < -0.3 is 14.5 Å². The summed E-state index contributed by atoms with van der Waals surface area (Å²) in [6.07, 6.45) is 0.683. The summed E-state index contributed by atoms with van der Waals surface area (Å²) < 4.78 is 9.76. The Bertz CT molecular complexity index is 414. The van der Waals surface area contributed by atoms with Crippen LogP contribution in [0.1, 0.15) is 17.0 Å². The van der Waals surface area contributed by atoms with E-state index in [-0.39, 0.29) is 11.8 Å². The highest BCUT2D eigenvalue weighted by molar-refractivity contribution is 9.09. The summed E-state index contributed by atoms with van der Waals surface area (Å²) in [5.41, 5.74) is 0. The van der Waals surface area contributed by atoms with E-state index in [0.717, 1.165) is 6.07 Å². The van der Waals surface area contributed by atoms with Crippen LogP contribution in [0.5, 0.6) is 0 Å². The Morgan fingerprint density at radius 1 is 1.67 bits per heavy atom. The molecule has 18 heavy (non-hydrogen) atoms.